The monoisotopic (exact) mass is 268 g/mol. The smallest absolute Gasteiger partial charge is 0.124 e. The maximum Gasteiger partial charge on any atom is 0.124 e. The summed E-state index contributed by atoms with van der Waals surface area (Å²) in [6, 6.07) is 6.49. The Morgan fingerprint density at radius 1 is 1.33 bits per heavy atom. The minimum atomic E-state index is -0.304. The summed E-state index contributed by atoms with van der Waals surface area (Å²) in [5, 5.41) is 9.80. The number of unbranched alkanes of at least 4 members (excludes halogenated alkanes) is 3. The number of benzene rings is 1. The van der Waals surface area contributed by atoms with Crippen LogP contribution in [0.3, 0.4) is 0 Å². The Morgan fingerprint density at radius 2 is 2.17 bits per heavy atom. The number of thioether (sulfide) groups is 1. The first-order valence-corrected chi connectivity index (χ1v) is 7.38. The van der Waals surface area contributed by atoms with Gasteiger partial charge in [0.2, 0.25) is 0 Å². The molecule has 0 aromatic heterocycles. The second kappa shape index (κ2) is 9.17. The molecule has 1 nitrogen and oxygen atoms in total. The van der Waals surface area contributed by atoms with Crippen LogP contribution < -0.4 is 0 Å². The number of hydrogen-bond acceptors (Lipinski definition) is 2. The van der Waals surface area contributed by atoms with Crippen molar-refractivity contribution in [1.82, 2.24) is 0 Å². The molecule has 0 aliphatic carbocycles. The molecular formula is C15H21FOS. The third-order valence-electron chi connectivity index (χ3n) is 2.68. The van der Waals surface area contributed by atoms with E-state index in [-0.39, 0.29) is 11.9 Å². The molecule has 1 aromatic rings. The van der Waals surface area contributed by atoms with Gasteiger partial charge in [-0.05, 0) is 37.5 Å². The molecule has 1 N–H and O–H groups in total. The molecule has 0 amide bonds. The SMILES string of the molecule is C=CCCCCCC(O)CSc1cccc(F)c1. The normalized spacial score (nSPS) is 12.3. The lowest BCUT2D eigenvalue weighted by molar-refractivity contribution is 0.185. The molecule has 0 aliphatic heterocycles. The van der Waals surface area contributed by atoms with E-state index in [9.17, 15) is 9.50 Å². The fourth-order valence-corrected chi connectivity index (χ4v) is 2.60. The summed E-state index contributed by atoms with van der Waals surface area (Å²) in [5.74, 6) is 0.407. The Labute approximate surface area is 113 Å². The summed E-state index contributed by atoms with van der Waals surface area (Å²) in [5.41, 5.74) is 0. The quantitative estimate of drug-likeness (QED) is 0.406. The summed E-state index contributed by atoms with van der Waals surface area (Å²) in [6.45, 7) is 3.68. The van der Waals surface area contributed by atoms with Crippen LogP contribution in [0.2, 0.25) is 0 Å². The molecule has 0 spiro atoms. The van der Waals surface area contributed by atoms with Gasteiger partial charge in [-0.25, -0.2) is 4.39 Å². The van der Waals surface area contributed by atoms with Gasteiger partial charge in [-0.15, -0.1) is 18.3 Å². The van der Waals surface area contributed by atoms with Crippen molar-refractivity contribution >= 4 is 11.8 Å². The lowest BCUT2D eigenvalue weighted by Crippen LogP contribution is -2.09. The fourth-order valence-electron chi connectivity index (χ4n) is 1.68. The second-order valence-corrected chi connectivity index (χ2v) is 5.44. The van der Waals surface area contributed by atoms with Gasteiger partial charge in [-0.3, -0.25) is 0 Å². The molecule has 1 unspecified atom stereocenters. The van der Waals surface area contributed by atoms with Crippen LogP contribution in [-0.2, 0) is 0 Å². The Morgan fingerprint density at radius 3 is 2.89 bits per heavy atom. The van der Waals surface area contributed by atoms with Crippen molar-refractivity contribution in [1.29, 1.82) is 0 Å². The average Bonchev–Trinajstić information content (AvgIpc) is 2.36. The van der Waals surface area contributed by atoms with Crippen molar-refractivity contribution in [2.75, 3.05) is 5.75 Å². The molecule has 0 fully saturated rings. The first-order chi connectivity index (χ1) is 8.72. The van der Waals surface area contributed by atoms with Gasteiger partial charge < -0.3 is 5.11 Å². The molecular weight excluding hydrogens is 247 g/mol. The molecule has 0 heterocycles. The second-order valence-electron chi connectivity index (χ2n) is 4.35. The molecule has 0 radical (unpaired) electrons. The van der Waals surface area contributed by atoms with E-state index in [0.717, 1.165) is 37.0 Å². The largest absolute Gasteiger partial charge is 0.392 e. The Kier molecular flexibility index (Phi) is 7.78. The minimum absolute atomic E-state index is 0.223. The highest BCUT2D eigenvalue weighted by Gasteiger charge is 2.05. The number of rotatable bonds is 9. The Balaban J connectivity index is 2.13. The van der Waals surface area contributed by atoms with Gasteiger partial charge in [-0.1, -0.05) is 25.0 Å². The van der Waals surface area contributed by atoms with Gasteiger partial charge in [0.05, 0.1) is 6.10 Å². The van der Waals surface area contributed by atoms with Gasteiger partial charge in [0.15, 0.2) is 0 Å². The molecule has 0 saturated heterocycles. The maximum atomic E-state index is 12.9. The van der Waals surface area contributed by atoms with Crippen LogP contribution >= 0.6 is 11.8 Å². The molecule has 1 aromatic carbocycles. The zero-order valence-electron chi connectivity index (χ0n) is 10.6. The molecule has 18 heavy (non-hydrogen) atoms. The highest BCUT2D eigenvalue weighted by molar-refractivity contribution is 7.99. The van der Waals surface area contributed by atoms with E-state index in [4.69, 9.17) is 0 Å². The number of halogens is 1. The van der Waals surface area contributed by atoms with Crippen molar-refractivity contribution in [3.63, 3.8) is 0 Å². The average molecular weight is 268 g/mol. The summed E-state index contributed by atoms with van der Waals surface area (Å²) in [7, 11) is 0. The molecule has 0 bridgehead atoms. The van der Waals surface area contributed by atoms with Crippen LogP contribution in [0.5, 0.6) is 0 Å². The van der Waals surface area contributed by atoms with Crippen molar-refractivity contribution in [2.45, 2.75) is 43.1 Å². The highest BCUT2D eigenvalue weighted by atomic mass is 32.2. The Hall–Kier alpha value is -0.800. The van der Waals surface area contributed by atoms with Gasteiger partial charge in [0, 0.05) is 10.6 Å². The van der Waals surface area contributed by atoms with E-state index >= 15 is 0 Å². The zero-order chi connectivity index (χ0) is 13.2. The predicted octanol–water partition coefficient (Wildman–Crippen LogP) is 4.42. The first-order valence-electron chi connectivity index (χ1n) is 6.39. The van der Waals surface area contributed by atoms with Gasteiger partial charge >= 0.3 is 0 Å². The third-order valence-corrected chi connectivity index (χ3v) is 3.82. The summed E-state index contributed by atoms with van der Waals surface area (Å²) >= 11 is 1.50. The van der Waals surface area contributed by atoms with Crippen LogP contribution in [0, 0.1) is 5.82 Å². The van der Waals surface area contributed by atoms with Crippen LogP contribution in [0.15, 0.2) is 41.8 Å². The number of hydrogen-bond donors (Lipinski definition) is 1. The fraction of sp³-hybridized carbons (Fsp3) is 0.467. The summed E-state index contributed by atoms with van der Waals surface area (Å²) in [4.78, 5) is 0.876. The first kappa shape index (κ1) is 15.3. The van der Waals surface area contributed by atoms with Gasteiger partial charge in [0.25, 0.3) is 0 Å². The number of aliphatic hydroxyl groups is 1. The summed E-state index contributed by atoms with van der Waals surface area (Å²) in [6.07, 6.45) is 6.81. The topological polar surface area (TPSA) is 20.2 Å². The van der Waals surface area contributed by atoms with Crippen LogP contribution in [-0.4, -0.2) is 17.0 Å². The zero-order valence-corrected chi connectivity index (χ0v) is 11.5. The molecule has 3 heteroatoms. The van der Waals surface area contributed by atoms with Crippen LogP contribution in [0.4, 0.5) is 4.39 Å². The van der Waals surface area contributed by atoms with E-state index in [1.54, 1.807) is 6.07 Å². The van der Waals surface area contributed by atoms with E-state index in [2.05, 4.69) is 6.58 Å². The Bertz CT molecular complexity index is 354. The van der Waals surface area contributed by atoms with Crippen LogP contribution in [0.25, 0.3) is 0 Å². The molecule has 1 rings (SSSR count). The predicted molar refractivity (Wildman–Crippen MR) is 76.4 cm³/mol. The van der Waals surface area contributed by atoms with E-state index < -0.39 is 0 Å². The minimum Gasteiger partial charge on any atom is -0.392 e. The van der Waals surface area contributed by atoms with Gasteiger partial charge in [-0.2, -0.15) is 0 Å². The standard InChI is InChI=1S/C15H21FOS/c1-2-3-4-5-6-9-14(17)12-18-15-10-7-8-13(16)11-15/h2,7-8,10-11,14,17H,1,3-6,9,12H2. The molecule has 100 valence electrons. The molecule has 0 aliphatic rings. The summed E-state index contributed by atoms with van der Waals surface area (Å²) < 4.78 is 12.9. The van der Waals surface area contributed by atoms with E-state index in [0.29, 0.717) is 5.75 Å². The van der Waals surface area contributed by atoms with E-state index in [1.165, 1.54) is 23.9 Å². The molecule has 1 atom stereocenters. The molecule has 0 saturated carbocycles. The van der Waals surface area contributed by atoms with Crippen molar-refractivity contribution in [2.24, 2.45) is 0 Å². The lowest BCUT2D eigenvalue weighted by Gasteiger charge is -2.09. The lowest BCUT2D eigenvalue weighted by atomic mass is 10.1. The highest BCUT2D eigenvalue weighted by Crippen LogP contribution is 2.21. The number of allylic oxidation sites excluding steroid dienone is 1. The van der Waals surface area contributed by atoms with E-state index in [1.807, 2.05) is 12.1 Å². The van der Waals surface area contributed by atoms with Crippen molar-refractivity contribution in [3.8, 4) is 0 Å². The van der Waals surface area contributed by atoms with Crippen molar-refractivity contribution in [3.05, 3.63) is 42.7 Å². The third kappa shape index (κ3) is 6.82. The number of aliphatic hydroxyl groups excluding tert-OH is 1. The van der Waals surface area contributed by atoms with Crippen LogP contribution in [0.1, 0.15) is 32.1 Å². The van der Waals surface area contributed by atoms with Gasteiger partial charge in [0.1, 0.15) is 5.82 Å². The maximum absolute atomic E-state index is 12.9. The van der Waals surface area contributed by atoms with Crippen molar-refractivity contribution < 1.29 is 9.50 Å².